The van der Waals surface area contributed by atoms with Gasteiger partial charge in [0, 0.05) is 18.5 Å². The molecule has 6 heteroatoms. The lowest BCUT2D eigenvalue weighted by atomic mass is 9.96. The highest BCUT2D eigenvalue weighted by Crippen LogP contribution is 2.28. The highest BCUT2D eigenvalue weighted by atomic mass is 32.1. The SMILES string of the molecule is CC1CN(C(=O)Cc2csc(-c3cccs3)n2)CCC1O. The lowest BCUT2D eigenvalue weighted by Gasteiger charge is -2.34. The maximum absolute atomic E-state index is 12.3. The van der Waals surface area contributed by atoms with Gasteiger partial charge in [-0.25, -0.2) is 4.98 Å². The Kier molecular flexibility index (Phi) is 4.37. The molecule has 2 unspecified atom stereocenters. The third-order valence-electron chi connectivity index (χ3n) is 3.83. The molecule has 2 aromatic rings. The van der Waals surface area contributed by atoms with Crippen molar-refractivity contribution >= 4 is 28.6 Å². The third kappa shape index (κ3) is 3.33. The number of aliphatic hydroxyl groups excluding tert-OH is 1. The van der Waals surface area contributed by atoms with Crippen LogP contribution in [0.3, 0.4) is 0 Å². The van der Waals surface area contributed by atoms with Gasteiger partial charge in [-0.05, 0) is 23.8 Å². The summed E-state index contributed by atoms with van der Waals surface area (Å²) < 4.78 is 0. The van der Waals surface area contributed by atoms with E-state index in [9.17, 15) is 9.90 Å². The van der Waals surface area contributed by atoms with Gasteiger partial charge in [0.2, 0.25) is 5.91 Å². The molecule has 112 valence electrons. The molecule has 2 aromatic heterocycles. The number of carbonyl (C=O) groups excluding carboxylic acids is 1. The van der Waals surface area contributed by atoms with Gasteiger partial charge in [-0.3, -0.25) is 4.79 Å². The lowest BCUT2D eigenvalue weighted by molar-refractivity contribution is -0.134. The minimum Gasteiger partial charge on any atom is -0.393 e. The van der Waals surface area contributed by atoms with Gasteiger partial charge in [0.1, 0.15) is 5.01 Å². The molecule has 0 saturated carbocycles. The summed E-state index contributed by atoms with van der Waals surface area (Å²) in [5, 5.41) is 14.7. The Morgan fingerprint density at radius 1 is 1.52 bits per heavy atom. The minimum atomic E-state index is -0.279. The number of likely N-dealkylation sites (tertiary alicyclic amines) is 1. The van der Waals surface area contributed by atoms with Crippen LogP contribution in [-0.2, 0) is 11.2 Å². The van der Waals surface area contributed by atoms with Gasteiger partial charge in [-0.15, -0.1) is 22.7 Å². The molecule has 21 heavy (non-hydrogen) atoms. The second kappa shape index (κ2) is 6.25. The Morgan fingerprint density at radius 2 is 2.38 bits per heavy atom. The molecule has 1 N–H and O–H groups in total. The normalized spacial score (nSPS) is 22.5. The lowest BCUT2D eigenvalue weighted by Crippen LogP contribution is -2.45. The van der Waals surface area contributed by atoms with Crippen LogP contribution in [0.25, 0.3) is 9.88 Å². The van der Waals surface area contributed by atoms with Gasteiger partial charge in [-0.1, -0.05) is 13.0 Å². The van der Waals surface area contributed by atoms with Crippen molar-refractivity contribution in [3.05, 3.63) is 28.6 Å². The van der Waals surface area contributed by atoms with Gasteiger partial charge in [0.15, 0.2) is 0 Å². The molecule has 0 aromatic carbocycles. The number of hydrogen-bond donors (Lipinski definition) is 1. The zero-order valence-corrected chi connectivity index (χ0v) is 13.5. The average Bonchev–Trinajstić information content (AvgIpc) is 3.12. The number of aliphatic hydroxyl groups is 1. The van der Waals surface area contributed by atoms with E-state index in [-0.39, 0.29) is 17.9 Å². The number of thiazole rings is 1. The van der Waals surface area contributed by atoms with Crippen LogP contribution in [0.2, 0.25) is 0 Å². The first-order valence-corrected chi connectivity index (χ1v) is 8.83. The average molecular weight is 322 g/mol. The number of thiophene rings is 1. The van der Waals surface area contributed by atoms with Crippen molar-refractivity contribution < 1.29 is 9.90 Å². The van der Waals surface area contributed by atoms with Crippen LogP contribution >= 0.6 is 22.7 Å². The van der Waals surface area contributed by atoms with Crippen LogP contribution in [-0.4, -0.2) is 40.1 Å². The Morgan fingerprint density at radius 3 is 3.10 bits per heavy atom. The Labute approximate surface area is 132 Å². The number of hydrogen-bond acceptors (Lipinski definition) is 5. The maximum Gasteiger partial charge on any atom is 0.228 e. The van der Waals surface area contributed by atoms with Crippen LogP contribution in [0.1, 0.15) is 19.0 Å². The molecule has 1 fully saturated rings. The van der Waals surface area contributed by atoms with E-state index in [1.54, 1.807) is 22.7 Å². The summed E-state index contributed by atoms with van der Waals surface area (Å²) in [6.07, 6.45) is 0.744. The quantitative estimate of drug-likeness (QED) is 0.945. The monoisotopic (exact) mass is 322 g/mol. The number of rotatable bonds is 3. The Bertz CT molecular complexity index is 609. The van der Waals surface area contributed by atoms with Crippen molar-refractivity contribution in [1.29, 1.82) is 0 Å². The summed E-state index contributed by atoms with van der Waals surface area (Å²) in [6.45, 7) is 3.27. The zero-order chi connectivity index (χ0) is 14.8. The van der Waals surface area contributed by atoms with Crippen LogP contribution < -0.4 is 0 Å². The van der Waals surface area contributed by atoms with Crippen molar-refractivity contribution in [3.8, 4) is 9.88 Å². The van der Waals surface area contributed by atoms with Crippen LogP contribution in [0.4, 0.5) is 0 Å². The third-order valence-corrected chi connectivity index (χ3v) is 5.76. The van der Waals surface area contributed by atoms with Gasteiger partial charge in [0.25, 0.3) is 0 Å². The van der Waals surface area contributed by atoms with Crippen molar-refractivity contribution in [2.75, 3.05) is 13.1 Å². The predicted octanol–water partition coefficient (Wildman–Crippen LogP) is 2.64. The molecule has 0 radical (unpaired) electrons. The standard InChI is InChI=1S/C15H18N2O2S2/c1-10-8-17(5-4-12(10)18)14(19)7-11-9-21-15(16-11)13-3-2-6-20-13/h2-3,6,9-10,12,18H,4-5,7-8H2,1H3. The molecule has 1 aliphatic rings. The maximum atomic E-state index is 12.3. The summed E-state index contributed by atoms with van der Waals surface area (Å²) in [6, 6.07) is 4.05. The highest BCUT2D eigenvalue weighted by Gasteiger charge is 2.27. The summed E-state index contributed by atoms with van der Waals surface area (Å²) in [4.78, 5) is 19.9. The van der Waals surface area contributed by atoms with E-state index in [0.29, 0.717) is 25.9 Å². The van der Waals surface area contributed by atoms with Crippen molar-refractivity contribution in [3.63, 3.8) is 0 Å². The number of nitrogens with zero attached hydrogens (tertiary/aromatic N) is 2. The van der Waals surface area contributed by atoms with Crippen molar-refractivity contribution in [1.82, 2.24) is 9.88 Å². The summed E-state index contributed by atoms with van der Waals surface area (Å²) in [5.41, 5.74) is 0.840. The Hall–Kier alpha value is -1.24. The molecule has 1 amide bonds. The zero-order valence-electron chi connectivity index (χ0n) is 11.9. The molecular formula is C15H18N2O2S2. The molecule has 2 atom stereocenters. The molecule has 0 bridgehead atoms. The topological polar surface area (TPSA) is 53.4 Å². The van der Waals surface area contributed by atoms with Gasteiger partial charge >= 0.3 is 0 Å². The first kappa shape index (κ1) is 14.7. The first-order valence-electron chi connectivity index (χ1n) is 7.07. The molecule has 4 nitrogen and oxygen atoms in total. The van der Waals surface area contributed by atoms with E-state index < -0.39 is 0 Å². The summed E-state index contributed by atoms with van der Waals surface area (Å²) in [7, 11) is 0. The fourth-order valence-corrected chi connectivity index (χ4v) is 4.16. The largest absolute Gasteiger partial charge is 0.393 e. The van der Waals surface area contributed by atoms with Gasteiger partial charge < -0.3 is 10.0 Å². The fourth-order valence-electron chi connectivity index (χ4n) is 2.53. The molecular weight excluding hydrogens is 304 g/mol. The second-order valence-corrected chi connectivity index (χ2v) is 7.28. The van der Waals surface area contributed by atoms with Gasteiger partial charge in [0.05, 0.1) is 23.1 Å². The highest BCUT2D eigenvalue weighted by molar-refractivity contribution is 7.20. The van der Waals surface area contributed by atoms with E-state index in [1.807, 2.05) is 34.7 Å². The van der Waals surface area contributed by atoms with E-state index in [1.165, 1.54) is 0 Å². The van der Waals surface area contributed by atoms with Gasteiger partial charge in [-0.2, -0.15) is 0 Å². The predicted molar refractivity (Wildman–Crippen MR) is 85.5 cm³/mol. The molecule has 3 rings (SSSR count). The molecule has 3 heterocycles. The molecule has 1 saturated heterocycles. The van der Waals surface area contributed by atoms with Crippen molar-refractivity contribution in [2.24, 2.45) is 5.92 Å². The van der Waals surface area contributed by atoms with Crippen LogP contribution in [0.5, 0.6) is 0 Å². The number of piperidine rings is 1. The molecule has 1 aliphatic heterocycles. The van der Waals surface area contributed by atoms with Crippen LogP contribution in [0, 0.1) is 5.92 Å². The number of carbonyl (C=O) groups is 1. The van der Waals surface area contributed by atoms with E-state index in [4.69, 9.17) is 0 Å². The van der Waals surface area contributed by atoms with E-state index in [2.05, 4.69) is 4.98 Å². The van der Waals surface area contributed by atoms with Crippen molar-refractivity contribution in [2.45, 2.75) is 25.9 Å². The minimum absolute atomic E-state index is 0.108. The summed E-state index contributed by atoms with van der Waals surface area (Å²) >= 11 is 3.25. The number of amides is 1. The Balaban J connectivity index is 1.63. The van der Waals surface area contributed by atoms with E-state index >= 15 is 0 Å². The second-order valence-electron chi connectivity index (χ2n) is 5.47. The first-order chi connectivity index (χ1) is 10.1. The smallest absolute Gasteiger partial charge is 0.228 e. The van der Waals surface area contributed by atoms with Crippen LogP contribution in [0.15, 0.2) is 22.9 Å². The number of aromatic nitrogens is 1. The fraction of sp³-hybridized carbons (Fsp3) is 0.467. The molecule has 0 aliphatic carbocycles. The van der Waals surface area contributed by atoms with E-state index in [0.717, 1.165) is 15.6 Å². The summed E-state index contributed by atoms with van der Waals surface area (Å²) in [5.74, 6) is 0.261. The molecule has 0 spiro atoms.